The summed E-state index contributed by atoms with van der Waals surface area (Å²) < 4.78 is 10.7. The molecule has 0 radical (unpaired) electrons. The summed E-state index contributed by atoms with van der Waals surface area (Å²) >= 11 is 0. The summed E-state index contributed by atoms with van der Waals surface area (Å²) in [6, 6.07) is 0. The van der Waals surface area contributed by atoms with Crippen molar-refractivity contribution >= 4 is 23.3 Å². The fourth-order valence-electron chi connectivity index (χ4n) is 3.28. The molecule has 1 amide bonds. The Morgan fingerprint density at radius 3 is 2.12 bits per heavy atom. The standard InChI is InChI=1S/C25H45NO6/c1-4-6-7-8-10-22(21(3)27)20-24(29)13-12-23(28)11-9-17-32-18-14-25(30)26-15-19-31-16-5-2/h22H,4-20H2,1-3H3,(H,26,30). The van der Waals surface area contributed by atoms with E-state index in [4.69, 9.17) is 9.47 Å². The zero-order valence-electron chi connectivity index (χ0n) is 20.5. The molecule has 0 heterocycles. The van der Waals surface area contributed by atoms with Gasteiger partial charge in [-0.2, -0.15) is 0 Å². The molecule has 0 aromatic carbocycles. The number of ketones is 3. The van der Waals surface area contributed by atoms with E-state index in [2.05, 4.69) is 12.2 Å². The van der Waals surface area contributed by atoms with Crippen LogP contribution in [0.1, 0.15) is 97.8 Å². The van der Waals surface area contributed by atoms with Crippen molar-refractivity contribution in [3.05, 3.63) is 0 Å². The van der Waals surface area contributed by atoms with Crippen LogP contribution in [-0.4, -0.2) is 56.2 Å². The van der Waals surface area contributed by atoms with Gasteiger partial charge in [0.1, 0.15) is 17.3 Å². The van der Waals surface area contributed by atoms with Gasteiger partial charge < -0.3 is 14.8 Å². The first-order valence-electron chi connectivity index (χ1n) is 12.4. The van der Waals surface area contributed by atoms with E-state index in [0.717, 1.165) is 38.5 Å². The molecule has 1 unspecified atom stereocenters. The van der Waals surface area contributed by atoms with Crippen molar-refractivity contribution in [3.63, 3.8) is 0 Å². The fraction of sp³-hybridized carbons (Fsp3) is 0.840. The smallest absolute Gasteiger partial charge is 0.222 e. The lowest BCUT2D eigenvalue weighted by atomic mass is 9.90. The van der Waals surface area contributed by atoms with E-state index in [9.17, 15) is 19.2 Å². The number of carbonyl (C=O) groups excluding carboxylic acids is 4. The third-order valence-electron chi connectivity index (χ3n) is 5.27. The van der Waals surface area contributed by atoms with Crippen molar-refractivity contribution in [2.24, 2.45) is 5.92 Å². The molecule has 0 bridgehead atoms. The molecule has 7 heteroatoms. The number of carbonyl (C=O) groups is 4. The Bertz CT molecular complexity index is 535. The molecule has 0 saturated carbocycles. The average Bonchev–Trinajstić information content (AvgIpc) is 2.76. The minimum atomic E-state index is -0.205. The molecule has 0 aliphatic rings. The monoisotopic (exact) mass is 455 g/mol. The first-order valence-corrected chi connectivity index (χ1v) is 12.4. The molecular weight excluding hydrogens is 410 g/mol. The Labute approximate surface area is 194 Å². The van der Waals surface area contributed by atoms with Crippen LogP contribution in [-0.2, 0) is 28.7 Å². The van der Waals surface area contributed by atoms with E-state index in [1.54, 1.807) is 6.92 Å². The van der Waals surface area contributed by atoms with Gasteiger partial charge in [-0.05, 0) is 26.2 Å². The van der Waals surface area contributed by atoms with E-state index < -0.39 is 0 Å². The quantitative estimate of drug-likeness (QED) is 0.232. The number of ether oxygens (including phenoxy) is 2. The lowest BCUT2D eigenvalue weighted by molar-refractivity contribution is -0.128. The van der Waals surface area contributed by atoms with Crippen molar-refractivity contribution < 1.29 is 28.7 Å². The zero-order valence-corrected chi connectivity index (χ0v) is 20.5. The van der Waals surface area contributed by atoms with Crippen molar-refractivity contribution in [2.75, 3.05) is 33.0 Å². The maximum Gasteiger partial charge on any atom is 0.222 e. The third-order valence-corrected chi connectivity index (χ3v) is 5.27. The maximum atomic E-state index is 12.2. The molecule has 0 aliphatic carbocycles. The van der Waals surface area contributed by atoms with E-state index in [1.165, 1.54) is 0 Å². The highest BCUT2D eigenvalue weighted by atomic mass is 16.5. The molecule has 1 N–H and O–H groups in total. The minimum absolute atomic E-state index is 0.00334. The van der Waals surface area contributed by atoms with Gasteiger partial charge in [-0.1, -0.05) is 39.5 Å². The first kappa shape index (κ1) is 30.4. The van der Waals surface area contributed by atoms with Crippen molar-refractivity contribution in [1.82, 2.24) is 5.32 Å². The second-order valence-electron chi connectivity index (χ2n) is 8.37. The average molecular weight is 456 g/mol. The number of Topliss-reactive ketones (excluding diaryl/α,β-unsaturated/α-hetero) is 3. The van der Waals surface area contributed by atoms with Crippen LogP contribution in [0.15, 0.2) is 0 Å². The van der Waals surface area contributed by atoms with Crippen molar-refractivity contribution in [2.45, 2.75) is 97.8 Å². The number of amides is 1. The summed E-state index contributed by atoms with van der Waals surface area (Å²) in [6.07, 6.45) is 7.98. The lowest BCUT2D eigenvalue weighted by Crippen LogP contribution is -2.28. The Morgan fingerprint density at radius 2 is 1.44 bits per heavy atom. The number of nitrogens with one attached hydrogen (secondary N) is 1. The SMILES string of the molecule is CCCCCCC(CC(=O)CCC(=O)CCCOCCC(=O)NCCOCCC)C(C)=O. The molecule has 0 spiro atoms. The molecule has 0 aliphatic heterocycles. The second-order valence-corrected chi connectivity index (χ2v) is 8.37. The van der Waals surface area contributed by atoms with E-state index in [1.807, 2.05) is 6.92 Å². The van der Waals surface area contributed by atoms with Crippen LogP contribution in [0.25, 0.3) is 0 Å². The van der Waals surface area contributed by atoms with E-state index in [0.29, 0.717) is 45.8 Å². The Morgan fingerprint density at radius 1 is 0.719 bits per heavy atom. The number of hydrogen-bond acceptors (Lipinski definition) is 6. The first-order chi connectivity index (χ1) is 15.4. The van der Waals surface area contributed by atoms with Crippen LogP contribution in [0.2, 0.25) is 0 Å². The van der Waals surface area contributed by atoms with Crippen LogP contribution in [0, 0.1) is 5.92 Å². The molecule has 0 aromatic rings. The molecule has 0 aromatic heterocycles. The highest BCUT2D eigenvalue weighted by Crippen LogP contribution is 2.17. The largest absolute Gasteiger partial charge is 0.381 e. The predicted octanol–water partition coefficient (Wildman–Crippen LogP) is 4.20. The summed E-state index contributed by atoms with van der Waals surface area (Å²) in [5, 5.41) is 2.76. The van der Waals surface area contributed by atoms with Crippen LogP contribution < -0.4 is 5.32 Å². The normalized spacial score (nSPS) is 11.8. The summed E-state index contributed by atoms with van der Waals surface area (Å²) in [6.45, 7) is 8.16. The summed E-state index contributed by atoms with van der Waals surface area (Å²) in [4.78, 5) is 47.6. The van der Waals surface area contributed by atoms with Gasteiger partial charge in [0.15, 0.2) is 0 Å². The molecular formula is C25H45NO6. The van der Waals surface area contributed by atoms with Crippen LogP contribution in [0.5, 0.6) is 0 Å². The van der Waals surface area contributed by atoms with Crippen molar-refractivity contribution in [3.8, 4) is 0 Å². The molecule has 0 saturated heterocycles. The Kier molecular flexibility index (Phi) is 20.2. The van der Waals surface area contributed by atoms with E-state index >= 15 is 0 Å². The number of rotatable bonds is 23. The summed E-state index contributed by atoms with van der Waals surface area (Å²) in [5.41, 5.74) is 0. The number of hydrogen-bond donors (Lipinski definition) is 1. The van der Waals surface area contributed by atoms with Crippen molar-refractivity contribution in [1.29, 1.82) is 0 Å². The fourth-order valence-corrected chi connectivity index (χ4v) is 3.28. The van der Waals surface area contributed by atoms with Crippen LogP contribution in [0.3, 0.4) is 0 Å². The van der Waals surface area contributed by atoms with Crippen LogP contribution >= 0.6 is 0 Å². The summed E-state index contributed by atoms with van der Waals surface area (Å²) in [5.74, 6) is -0.180. The Hall–Kier alpha value is -1.60. The zero-order chi connectivity index (χ0) is 24.0. The second kappa shape index (κ2) is 21.3. The summed E-state index contributed by atoms with van der Waals surface area (Å²) in [7, 11) is 0. The van der Waals surface area contributed by atoms with Gasteiger partial charge in [-0.25, -0.2) is 0 Å². The predicted molar refractivity (Wildman–Crippen MR) is 126 cm³/mol. The highest BCUT2D eigenvalue weighted by Gasteiger charge is 2.18. The van der Waals surface area contributed by atoms with Gasteiger partial charge in [-0.15, -0.1) is 0 Å². The topological polar surface area (TPSA) is 98.8 Å². The maximum absolute atomic E-state index is 12.2. The molecule has 1 atom stereocenters. The Balaban J connectivity index is 3.75. The minimum Gasteiger partial charge on any atom is -0.381 e. The van der Waals surface area contributed by atoms with Gasteiger partial charge in [0, 0.05) is 57.8 Å². The van der Waals surface area contributed by atoms with Gasteiger partial charge in [0.2, 0.25) is 5.91 Å². The molecule has 32 heavy (non-hydrogen) atoms. The van der Waals surface area contributed by atoms with Gasteiger partial charge in [-0.3, -0.25) is 19.2 Å². The third kappa shape index (κ3) is 19.1. The molecule has 186 valence electrons. The molecule has 0 rings (SSSR count). The van der Waals surface area contributed by atoms with Crippen LogP contribution in [0.4, 0.5) is 0 Å². The molecule has 7 nitrogen and oxygen atoms in total. The van der Waals surface area contributed by atoms with Gasteiger partial charge in [0.05, 0.1) is 13.2 Å². The molecule has 0 fully saturated rings. The van der Waals surface area contributed by atoms with E-state index in [-0.39, 0.29) is 54.9 Å². The lowest BCUT2D eigenvalue weighted by Gasteiger charge is -2.12. The highest BCUT2D eigenvalue weighted by molar-refractivity contribution is 5.89. The van der Waals surface area contributed by atoms with Gasteiger partial charge in [0.25, 0.3) is 0 Å². The number of unbranched alkanes of at least 4 members (excludes halogenated alkanes) is 3. The van der Waals surface area contributed by atoms with Gasteiger partial charge >= 0.3 is 0 Å².